The van der Waals surface area contributed by atoms with Crippen LogP contribution in [0.25, 0.3) is 10.9 Å². The van der Waals surface area contributed by atoms with E-state index in [0.29, 0.717) is 40.9 Å². The third kappa shape index (κ3) is 3.75. The summed E-state index contributed by atoms with van der Waals surface area (Å²) >= 11 is 0. The second-order valence-electron chi connectivity index (χ2n) is 7.60. The van der Waals surface area contributed by atoms with E-state index in [0.717, 1.165) is 0 Å². The predicted octanol–water partition coefficient (Wildman–Crippen LogP) is 2.55. The van der Waals surface area contributed by atoms with Crippen LogP contribution in [-0.4, -0.2) is 71.5 Å². The highest BCUT2D eigenvalue weighted by molar-refractivity contribution is 6.45. The fourth-order valence-corrected chi connectivity index (χ4v) is 3.99. The number of fused-ring (bicyclic) bond motifs is 1. The maximum absolute atomic E-state index is 13.1. The van der Waals surface area contributed by atoms with E-state index >= 15 is 0 Å². The summed E-state index contributed by atoms with van der Waals surface area (Å²) < 4.78 is 5.37. The van der Waals surface area contributed by atoms with Crippen LogP contribution in [-0.2, 0) is 4.79 Å². The molecule has 2 heterocycles. The van der Waals surface area contributed by atoms with Gasteiger partial charge in [0.2, 0.25) is 0 Å². The molecule has 1 N–H and O–H groups in total. The zero-order chi connectivity index (χ0) is 22.8. The Balaban J connectivity index is 1.52. The number of ether oxygens (including phenoxy) is 1. The van der Waals surface area contributed by atoms with Crippen molar-refractivity contribution in [3.05, 3.63) is 65.4 Å². The Morgan fingerprint density at radius 2 is 1.53 bits per heavy atom. The van der Waals surface area contributed by atoms with E-state index in [1.807, 2.05) is 6.07 Å². The van der Waals surface area contributed by atoms with Gasteiger partial charge in [-0.15, -0.1) is 0 Å². The third-order valence-corrected chi connectivity index (χ3v) is 5.71. The minimum absolute atomic E-state index is 0.0952. The van der Waals surface area contributed by atoms with Crippen LogP contribution in [0.1, 0.15) is 38.0 Å². The second kappa shape index (κ2) is 8.66. The number of piperazine rings is 1. The molecule has 8 nitrogen and oxygen atoms in total. The molecule has 0 aliphatic carbocycles. The molecule has 0 spiro atoms. The average Bonchev–Trinajstić information content (AvgIpc) is 3.28. The minimum Gasteiger partial charge on any atom is -0.496 e. The predicted molar refractivity (Wildman–Crippen MR) is 118 cm³/mol. The fraction of sp³-hybridized carbons (Fsp3) is 0.250. The Bertz CT molecular complexity index is 1210. The molecule has 164 valence electrons. The molecule has 1 aromatic heterocycles. The molecule has 32 heavy (non-hydrogen) atoms. The van der Waals surface area contributed by atoms with Crippen molar-refractivity contribution in [3.63, 3.8) is 0 Å². The van der Waals surface area contributed by atoms with Gasteiger partial charge >= 0.3 is 0 Å². The lowest BCUT2D eigenvalue weighted by molar-refractivity contribution is -0.127. The van der Waals surface area contributed by atoms with Gasteiger partial charge in [0, 0.05) is 43.5 Å². The summed E-state index contributed by atoms with van der Waals surface area (Å²) in [6.07, 6.45) is 1.44. The molecule has 1 fully saturated rings. The number of methoxy groups -OCH3 is 1. The van der Waals surface area contributed by atoms with Gasteiger partial charge in [0.1, 0.15) is 5.75 Å². The molecule has 1 aliphatic heterocycles. The van der Waals surface area contributed by atoms with Crippen molar-refractivity contribution in [2.24, 2.45) is 0 Å². The van der Waals surface area contributed by atoms with E-state index in [1.54, 1.807) is 41.3 Å². The molecule has 4 rings (SSSR count). The zero-order valence-electron chi connectivity index (χ0n) is 17.9. The van der Waals surface area contributed by atoms with E-state index in [9.17, 15) is 19.2 Å². The molecule has 0 radical (unpaired) electrons. The molecule has 1 aliphatic rings. The number of aromatic nitrogens is 1. The molecule has 1 saturated heterocycles. The first-order valence-electron chi connectivity index (χ1n) is 10.3. The van der Waals surface area contributed by atoms with Crippen LogP contribution in [0.4, 0.5) is 0 Å². The van der Waals surface area contributed by atoms with E-state index < -0.39 is 11.7 Å². The Morgan fingerprint density at radius 3 is 2.16 bits per heavy atom. The maximum Gasteiger partial charge on any atom is 0.295 e. The number of benzene rings is 2. The molecule has 0 atom stereocenters. The standard InChI is InChI=1S/C24H23N3O5/c1-15(28)17-8-9-19(32-2)20-18(14-25-21(17)20)22(29)24(31)27-12-10-26(11-13-27)23(30)16-6-4-3-5-7-16/h3-9,14,25H,10-13H2,1-2H3. The number of hydrogen-bond acceptors (Lipinski definition) is 5. The smallest absolute Gasteiger partial charge is 0.295 e. The molecule has 0 unspecified atom stereocenters. The van der Waals surface area contributed by atoms with Gasteiger partial charge in [-0.25, -0.2) is 0 Å². The molecule has 2 amide bonds. The quantitative estimate of drug-likeness (QED) is 0.492. The van der Waals surface area contributed by atoms with Crippen molar-refractivity contribution in [2.75, 3.05) is 33.3 Å². The Hall–Kier alpha value is -3.94. The maximum atomic E-state index is 13.1. The van der Waals surface area contributed by atoms with Crippen LogP contribution < -0.4 is 4.74 Å². The van der Waals surface area contributed by atoms with Crippen molar-refractivity contribution in [2.45, 2.75) is 6.92 Å². The van der Waals surface area contributed by atoms with E-state index in [1.165, 1.54) is 25.1 Å². The summed E-state index contributed by atoms with van der Waals surface area (Å²) in [4.78, 5) is 56.7. The molecular formula is C24H23N3O5. The number of amides is 2. The monoisotopic (exact) mass is 433 g/mol. The number of aromatic amines is 1. The summed E-state index contributed by atoms with van der Waals surface area (Å²) in [5.74, 6) is -1.18. The van der Waals surface area contributed by atoms with E-state index in [4.69, 9.17) is 4.74 Å². The lowest BCUT2D eigenvalue weighted by atomic mass is 10.0. The summed E-state index contributed by atoms with van der Waals surface area (Å²) in [5, 5.41) is 0.413. The van der Waals surface area contributed by atoms with Gasteiger partial charge in [-0.1, -0.05) is 18.2 Å². The lowest BCUT2D eigenvalue weighted by Crippen LogP contribution is -2.52. The lowest BCUT2D eigenvalue weighted by Gasteiger charge is -2.34. The summed E-state index contributed by atoms with van der Waals surface area (Å²) in [6.45, 7) is 2.66. The van der Waals surface area contributed by atoms with Gasteiger partial charge in [0.05, 0.1) is 23.6 Å². The SMILES string of the molecule is COc1ccc(C(C)=O)c2[nH]cc(C(=O)C(=O)N3CCN(C(=O)c4ccccc4)CC3)c12. The normalized spacial score (nSPS) is 13.8. The van der Waals surface area contributed by atoms with Crippen molar-refractivity contribution in [1.29, 1.82) is 0 Å². The third-order valence-electron chi connectivity index (χ3n) is 5.71. The zero-order valence-corrected chi connectivity index (χ0v) is 17.9. The number of nitrogens with one attached hydrogen (secondary N) is 1. The van der Waals surface area contributed by atoms with Crippen LogP contribution in [0.15, 0.2) is 48.7 Å². The van der Waals surface area contributed by atoms with Crippen LogP contribution >= 0.6 is 0 Å². The van der Waals surface area contributed by atoms with E-state index in [-0.39, 0.29) is 30.3 Å². The summed E-state index contributed by atoms with van der Waals surface area (Å²) in [5.41, 5.74) is 1.63. The second-order valence-corrected chi connectivity index (χ2v) is 7.60. The summed E-state index contributed by atoms with van der Waals surface area (Å²) in [6, 6.07) is 12.2. The average molecular weight is 433 g/mol. The number of carbonyl (C=O) groups excluding carboxylic acids is 4. The molecule has 3 aromatic rings. The number of carbonyl (C=O) groups is 4. The molecule has 0 saturated carbocycles. The number of H-pyrrole nitrogens is 1. The van der Waals surface area contributed by atoms with Gasteiger partial charge in [-0.05, 0) is 31.2 Å². The number of hydrogen-bond donors (Lipinski definition) is 1. The van der Waals surface area contributed by atoms with Gasteiger partial charge in [-0.2, -0.15) is 0 Å². The van der Waals surface area contributed by atoms with Crippen LogP contribution in [0.5, 0.6) is 5.75 Å². The number of rotatable bonds is 5. The summed E-state index contributed by atoms with van der Waals surface area (Å²) in [7, 11) is 1.47. The van der Waals surface area contributed by atoms with Crippen LogP contribution in [0.2, 0.25) is 0 Å². The number of Topliss-reactive ketones (excluding diaryl/α,β-unsaturated/α-hetero) is 2. The van der Waals surface area contributed by atoms with Crippen molar-refractivity contribution < 1.29 is 23.9 Å². The van der Waals surface area contributed by atoms with Crippen molar-refractivity contribution >= 4 is 34.3 Å². The van der Waals surface area contributed by atoms with Crippen LogP contribution in [0.3, 0.4) is 0 Å². The first-order chi connectivity index (χ1) is 15.4. The highest BCUT2D eigenvalue weighted by Gasteiger charge is 2.31. The number of nitrogens with zero attached hydrogens (tertiary/aromatic N) is 2. The molecule has 8 heteroatoms. The van der Waals surface area contributed by atoms with Gasteiger partial charge < -0.3 is 19.5 Å². The van der Waals surface area contributed by atoms with Gasteiger partial charge in [0.25, 0.3) is 17.6 Å². The fourth-order valence-electron chi connectivity index (χ4n) is 3.99. The van der Waals surface area contributed by atoms with E-state index in [2.05, 4.69) is 4.98 Å². The topological polar surface area (TPSA) is 99.8 Å². The van der Waals surface area contributed by atoms with Crippen molar-refractivity contribution in [3.8, 4) is 5.75 Å². The Kier molecular flexibility index (Phi) is 5.77. The molecule has 0 bridgehead atoms. The van der Waals surface area contributed by atoms with Gasteiger partial charge in [0.15, 0.2) is 5.78 Å². The highest BCUT2D eigenvalue weighted by Crippen LogP contribution is 2.32. The van der Waals surface area contributed by atoms with Crippen molar-refractivity contribution in [1.82, 2.24) is 14.8 Å². The Morgan fingerprint density at radius 1 is 0.875 bits per heavy atom. The molecular weight excluding hydrogens is 410 g/mol. The number of ketones is 2. The Labute approximate surface area is 184 Å². The minimum atomic E-state index is -0.682. The largest absolute Gasteiger partial charge is 0.496 e. The highest BCUT2D eigenvalue weighted by atomic mass is 16.5. The first kappa shape index (κ1) is 21.3. The van der Waals surface area contributed by atoms with Crippen LogP contribution in [0, 0.1) is 0 Å². The first-order valence-corrected chi connectivity index (χ1v) is 10.3. The van der Waals surface area contributed by atoms with Gasteiger partial charge in [-0.3, -0.25) is 19.2 Å². The molecule has 2 aromatic carbocycles.